The van der Waals surface area contributed by atoms with Gasteiger partial charge in [0, 0.05) is 25.0 Å². The first-order valence-corrected chi connectivity index (χ1v) is 13.0. The summed E-state index contributed by atoms with van der Waals surface area (Å²) < 4.78 is 0. The maximum Gasteiger partial charge on any atom is 0.305 e. The molecule has 5 amide bonds. The number of hydrogen-bond donors (Lipinski definition) is 8. The lowest BCUT2D eigenvalue weighted by Gasteiger charge is -2.31. The molecule has 2 bridgehead atoms. The van der Waals surface area contributed by atoms with Gasteiger partial charge >= 0.3 is 5.97 Å². The molecule has 0 aromatic heterocycles. The van der Waals surface area contributed by atoms with E-state index < -0.39 is 78.6 Å². The third-order valence-electron chi connectivity index (χ3n) is 7.29. The van der Waals surface area contributed by atoms with Gasteiger partial charge in [-0.05, 0) is 38.5 Å². The van der Waals surface area contributed by atoms with Crippen molar-refractivity contribution in [1.82, 2.24) is 26.2 Å². The second-order valence-corrected chi connectivity index (χ2v) is 10.0. The molecular formula is C23H37N9O7. The number of hydrogen-bond acceptors (Lipinski definition) is 8. The monoisotopic (exact) mass is 551 g/mol. The summed E-state index contributed by atoms with van der Waals surface area (Å²) in [6, 6.07) is -4.54. The Kier molecular flexibility index (Phi) is 10.0. The zero-order valence-electron chi connectivity index (χ0n) is 21.6. The second kappa shape index (κ2) is 13.2. The number of nitrogens with two attached hydrogens (primary N) is 3. The first-order valence-electron chi connectivity index (χ1n) is 13.0. The largest absolute Gasteiger partial charge is 0.481 e. The third-order valence-corrected chi connectivity index (χ3v) is 7.29. The Morgan fingerprint density at radius 3 is 2.33 bits per heavy atom. The Morgan fingerprint density at radius 1 is 0.949 bits per heavy atom. The molecule has 0 radical (unpaired) electrons. The van der Waals surface area contributed by atoms with E-state index in [2.05, 4.69) is 26.3 Å². The van der Waals surface area contributed by atoms with Crippen LogP contribution in [0.4, 0.5) is 0 Å². The highest BCUT2D eigenvalue weighted by molar-refractivity contribution is 5.96. The van der Waals surface area contributed by atoms with E-state index in [1.807, 2.05) is 0 Å². The van der Waals surface area contributed by atoms with Crippen LogP contribution in [0, 0.1) is 5.92 Å². The molecule has 0 unspecified atom stereocenters. The molecule has 0 aromatic rings. The Labute approximate surface area is 224 Å². The fourth-order valence-corrected chi connectivity index (χ4v) is 5.26. The van der Waals surface area contributed by atoms with E-state index in [1.54, 1.807) is 0 Å². The molecule has 16 nitrogen and oxygen atoms in total. The number of carbonyl (C=O) groups is 6. The van der Waals surface area contributed by atoms with E-state index in [9.17, 15) is 33.9 Å². The Balaban J connectivity index is 1.88. The summed E-state index contributed by atoms with van der Waals surface area (Å²) in [5.41, 5.74) is 17.0. The lowest BCUT2D eigenvalue weighted by atomic mass is 9.93. The maximum absolute atomic E-state index is 13.4. The standard InChI is InChI=1S/C23H37N9O7/c24-18-11-3-4-12-5-6-15(32(12)22(18)39)21(38)31-13(2-1-7-27-23(25)26)19(36)29-10-16(33)30-14(8-17(34)35)20(37)28-9-11/h11-15,18H,1-10,24H2,(H,28,37)(H,29,36)(H,30,33)(H,31,38)(H,34,35)(H4,25,26,27)/t11-,12-,13-,14-,15-,18-/m0/s1. The molecule has 0 spiro atoms. The summed E-state index contributed by atoms with van der Waals surface area (Å²) in [4.78, 5) is 81.6. The maximum atomic E-state index is 13.4. The van der Waals surface area contributed by atoms with Crippen LogP contribution in [0.1, 0.15) is 44.9 Å². The van der Waals surface area contributed by atoms with Gasteiger partial charge < -0.3 is 48.5 Å². The highest BCUT2D eigenvalue weighted by Gasteiger charge is 2.46. The van der Waals surface area contributed by atoms with Crippen LogP contribution in [0.15, 0.2) is 4.99 Å². The van der Waals surface area contributed by atoms with Gasteiger partial charge in [-0.15, -0.1) is 0 Å². The molecule has 11 N–H and O–H groups in total. The van der Waals surface area contributed by atoms with Crippen LogP contribution >= 0.6 is 0 Å². The van der Waals surface area contributed by atoms with Gasteiger partial charge in [-0.25, -0.2) is 0 Å². The predicted molar refractivity (Wildman–Crippen MR) is 136 cm³/mol. The van der Waals surface area contributed by atoms with Crippen molar-refractivity contribution < 1.29 is 33.9 Å². The number of nitrogens with one attached hydrogen (secondary N) is 4. The fraction of sp³-hybridized carbons (Fsp3) is 0.696. The summed E-state index contributed by atoms with van der Waals surface area (Å²) >= 11 is 0. The van der Waals surface area contributed by atoms with E-state index in [0.29, 0.717) is 32.1 Å². The van der Waals surface area contributed by atoms with E-state index >= 15 is 0 Å². The van der Waals surface area contributed by atoms with Gasteiger partial charge in [0.15, 0.2) is 5.96 Å². The molecule has 0 aromatic carbocycles. The van der Waals surface area contributed by atoms with Crippen molar-refractivity contribution in [3.63, 3.8) is 0 Å². The molecule has 39 heavy (non-hydrogen) atoms. The van der Waals surface area contributed by atoms with Gasteiger partial charge in [-0.3, -0.25) is 33.8 Å². The summed E-state index contributed by atoms with van der Waals surface area (Å²) in [6.07, 6.45) is 1.80. The van der Waals surface area contributed by atoms with Crippen LogP contribution in [0.25, 0.3) is 0 Å². The first kappa shape index (κ1) is 29.6. The van der Waals surface area contributed by atoms with Gasteiger partial charge in [0.1, 0.15) is 18.1 Å². The Hall–Kier alpha value is -3.95. The molecule has 3 heterocycles. The highest BCUT2D eigenvalue weighted by Crippen LogP contribution is 2.33. The van der Waals surface area contributed by atoms with Crippen molar-refractivity contribution in [3.8, 4) is 0 Å². The first-order chi connectivity index (χ1) is 18.5. The zero-order chi connectivity index (χ0) is 28.7. The molecule has 3 fully saturated rings. The average molecular weight is 552 g/mol. The van der Waals surface area contributed by atoms with E-state index in [-0.39, 0.29) is 31.5 Å². The van der Waals surface area contributed by atoms with Crippen LogP contribution in [-0.2, 0) is 28.8 Å². The number of nitrogens with zero attached hydrogens (tertiary/aromatic N) is 2. The molecule has 3 aliphatic heterocycles. The minimum Gasteiger partial charge on any atom is -0.481 e. The lowest BCUT2D eigenvalue weighted by molar-refractivity contribution is -0.142. The molecule has 16 heteroatoms. The number of carbonyl (C=O) groups excluding carboxylic acids is 5. The molecule has 3 aliphatic rings. The SMILES string of the molecule is NC(N)=NCCC[C@@H]1NC(=O)[C@@H]2CC[C@@H]3CC[C@@H](CNC(=O)[C@H](CC(=O)O)NC(=O)CNC1=O)[C@H](N)C(=O)N32. The van der Waals surface area contributed by atoms with Gasteiger partial charge in [0.25, 0.3) is 0 Å². The minimum atomic E-state index is -1.41. The Morgan fingerprint density at radius 2 is 1.64 bits per heavy atom. The molecule has 6 atom stereocenters. The normalized spacial score (nSPS) is 30.4. The van der Waals surface area contributed by atoms with Crippen LogP contribution < -0.4 is 38.5 Å². The third kappa shape index (κ3) is 7.78. The summed E-state index contributed by atoms with van der Waals surface area (Å²) in [6.45, 7) is -0.378. The van der Waals surface area contributed by atoms with Crippen LogP contribution in [0.3, 0.4) is 0 Å². The number of guanidine groups is 1. The average Bonchev–Trinajstić information content (AvgIpc) is 3.26. The number of carboxylic acid groups (broad SMARTS) is 1. The number of aliphatic carboxylic acids is 1. The highest BCUT2D eigenvalue weighted by atomic mass is 16.4. The van der Waals surface area contributed by atoms with Crippen LogP contribution in [-0.4, -0.2) is 101 Å². The van der Waals surface area contributed by atoms with Crippen LogP contribution in [0.5, 0.6) is 0 Å². The van der Waals surface area contributed by atoms with Crippen molar-refractivity contribution in [1.29, 1.82) is 0 Å². The molecule has 3 rings (SSSR count). The van der Waals surface area contributed by atoms with E-state index in [4.69, 9.17) is 17.2 Å². The van der Waals surface area contributed by atoms with Crippen LogP contribution in [0.2, 0.25) is 0 Å². The van der Waals surface area contributed by atoms with Crippen molar-refractivity contribution in [2.75, 3.05) is 19.6 Å². The van der Waals surface area contributed by atoms with Gasteiger partial charge in [0.2, 0.25) is 29.5 Å². The predicted octanol–water partition coefficient (Wildman–Crippen LogP) is -4.17. The van der Waals surface area contributed by atoms with Crippen molar-refractivity contribution in [3.05, 3.63) is 0 Å². The number of amides is 5. The topological polar surface area (TPSA) is 264 Å². The molecule has 0 saturated carbocycles. The zero-order valence-corrected chi connectivity index (χ0v) is 21.6. The van der Waals surface area contributed by atoms with Gasteiger partial charge in [0.05, 0.1) is 19.0 Å². The van der Waals surface area contributed by atoms with Gasteiger partial charge in [-0.1, -0.05) is 0 Å². The smallest absolute Gasteiger partial charge is 0.305 e. The lowest BCUT2D eigenvalue weighted by Crippen LogP contribution is -2.57. The van der Waals surface area contributed by atoms with Crippen molar-refractivity contribution in [2.24, 2.45) is 28.1 Å². The molecule has 0 aliphatic carbocycles. The quantitative estimate of drug-likeness (QED) is 0.0896. The fourth-order valence-electron chi connectivity index (χ4n) is 5.26. The molecule has 3 saturated heterocycles. The summed E-state index contributed by atoms with van der Waals surface area (Å²) in [5.74, 6) is -5.07. The number of fused-ring (bicyclic) bond motifs is 2. The second-order valence-electron chi connectivity index (χ2n) is 10.0. The molecular weight excluding hydrogens is 514 g/mol. The van der Waals surface area contributed by atoms with E-state index in [1.165, 1.54) is 4.90 Å². The number of rotatable bonds is 6. The van der Waals surface area contributed by atoms with Crippen molar-refractivity contribution >= 4 is 41.5 Å². The van der Waals surface area contributed by atoms with Crippen molar-refractivity contribution in [2.45, 2.75) is 75.2 Å². The Bertz CT molecular complexity index is 1020. The molecule has 216 valence electrons. The summed E-state index contributed by atoms with van der Waals surface area (Å²) in [7, 11) is 0. The van der Waals surface area contributed by atoms with E-state index in [0.717, 1.165) is 0 Å². The summed E-state index contributed by atoms with van der Waals surface area (Å²) in [5, 5.41) is 19.2. The number of aliphatic imine (C=N–C) groups is 1. The number of carboxylic acids is 1. The minimum absolute atomic E-state index is 0.0102. The van der Waals surface area contributed by atoms with Gasteiger partial charge in [-0.2, -0.15) is 0 Å².